The molecule has 0 aliphatic carbocycles. The van der Waals surface area contributed by atoms with Gasteiger partial charge in [-0.1, -0.05) is 42.5 Å². The highest BCUT2D eigenvalue weighted by molar-refractivity contribution is 6.10. The number of alkyl halides is 3. The van der Waals surface area contributed by atoms with Crippen molar-refractivity contribution in [3.63, 3.8) is 0 Å². The molecule has 1 aromatic heterocycles. The quantitative estimate of drug-likeness (QED) is 0.282. The number of fused-ring (bicyclic) bond motifs is 1. The van der Waals surface area contributed by atoms with E-state index in [9.17, 15) is 28.5 Å². The third-order valence-corrected chi connectivity index (χ3v) is 5.41. The van der Waals surface area contributed by atoms with Crippen LogP contribution in [-0.2, 0) is 17.5 Å². The van der Waals surface area contributed by atoms with Gasteiger partial charge in [-0.15, -0.1) is 0 Å². The number of nitriles is 2. The van der Waals surface area contributed by atoms with Gasteiger partial charge in [0.1, 0.15) is 11.6 Å². The fraction of sp³-hybridized carbons (Fsp3) is 0.0741. The molecule has 4 rings (SSSR count). The average molecular weight is 470 g/mol. The van der Waals surface area contributed by atoms with Gasteiger partial charge in [-0.3, -0.25) is 4.79 Å². The van der Waals surface area contributed by atoms with E-state index in [1.807, 2.05) is 47.0 Å². The van der Waals surface area contributed by atoms with Crippen LogP contribution >= 0.6 is 0 Å². The first-order valence-electron chi connectivity index (χ1n) is 10.5. The number of halogens is 3. The lowest BCUT2D eigenvalue weighted by Crippen LogP contribution is -2.14. The minimum absolute atomic E-state index is 0.0680. The molecular formula is C27H17F3N4O. The number of aromatic nitrogens is 1. The highest BCUT2D eigenvalue weighted by Gasteiger charge is 2.30. The normalized spacial score (nSPS) is 11.6. The number of hydrogen-bond acceptors (Lipinski definition) is 3. The van der Waals surface area contributed by atoms with E-state index >= 15 is 0 Å². The summed E-state index contributed by atoms with van der Waals surface area (Å²) in [6, 6.07) is 22.8. The van der Waals surface area contributed by atoms with E-state index in [1.165, 1.54) is 18.2 Å². The van der Waals surface area contributed by atoms with Crippen molar-refractivity contribution in [2.45, 2.75) is 12.7 Å². The molecule has 1 amide bonds. The summed E-state index contributed by atoms with van der Waals surface area (Å²) in [4.78, 5) is 12.7. The maximum atomic E-state index is 13.0. The van der Waals surface area contributed by atoms with Gasteiger partial charge in [-0.2, -0.15) is 23.7 Å². The molecule has 3 aromatic carbocycles. The Morgan fingerprint density at radius 3 is 2.49 bits per heavy atom. The third kappa shape index (κ3) is 5.07. The van der Waals surface area contributed by atoms with Crippen LogP contribution < -0.4 is 5.32 Å². The first-order chi connectivity index (χ1) is 16.8. The molecule has 0 saturated carbocycles. The monoisotopic (exact) mass is 470 g/mol. The fourth-order valence-corrected chi connectivity index (χ4v) is 3.75. The molecule has 5 nitrogen and oxygen atoms in total. The molecule has 0 bridgehead atoms. The summed E-state index contributed by atoms with van der Waals surface area (Å²) in [5.74, 6) is -0.821. The standard InChI is InChI=1S/C27H17F3N4O/c28-27(29,30)22-8-5-9-23(13-22)33-26(35)20(15-32)12-21-17-34(25-11-4-3-10-24(21)25)16-19-7-2-1-6-18(19)14-31/h1-13,17H,16H2,(H,33,35)/b20-12-. The molecule has 8 heteroatoms. The highest BCUT2D eigenvalue weighted by atomic mass is 19.4. The Labute approximate surface area is 199 Å². The van der Waals surface area contributed by atoms with Crippen LogP contribution in [0.2, 0.25) is 0 Å². The van der Waals surface area contributed by atoms with E-state index < -0.39 is 17.6 Å². The van der Waals surface area contributed by atoms with Gasteiger partial charge in [-0.05, 0) is 42.0 Å². The largest absolute Gasteiger partial charge is 0.416 e. The number of para-hydroxylation sites is 1. The van der Waals surface area contributed by atoms with Crippen molar-refractivity contribution in [2.75, 3.05) is 5.32 Å². The third-order valence-electron chi connectivity index (χ3n) is 5.41. The summed E-state index contributed by atoms with van der Waals surface area (Å²) in [5.41, 5.74) is 1.55. The summed E-state index contributed by atoms with van der Waals surface area (Å²) in [6.07, 6.45) is -1.38. The Morgan fingerprint density at radius 2 is 1.74 bits per heavy atom. The van der Waals surface area contributed by atoms with E-state index in [0.717, 1.165) is 28.6 Å². The Bertz CT molecular complexity index is 1530. The van der Waals surface area contributed by atoms with Gasteiger partial charge in [0.2, 0.25) is 0 Å². The molecule has 0 spiro atoms. The molecule has 0 aliphatic heterocycles. The summed E-state index contributed by atoms with van der Waals surface area (Å²) in [6.45, 7) is 0.399. The van der Waals surface area contributed by atoms with Crippen LogP contribution in [-0.4, -0.2) is 10.5 Å². The lowest BCUT2D eigenvalue weighted by atomic mass is 10.1. The molecule has 1 heterocycles. The van der Waals surface area contributed by atoms with E-state index in [1.54, 1.807) is 18.3 Å². The van der Waals surface area contributed by atoms with Crippen LogP contribution in [0.3, 0.4) is 0 Å². The molecule has 0 radical (unpaired) electrons. The summed E-state index contributed by atoms with van der Waals surface area (Å²) < 4.78 is 40.8. The van der Waals surface area contributed by atoms with E-state index in [4.69, 9.17) is 0 Å². The minimum Gasteiger partial charge on any atom is -0.342 e. The predicted molar refractivity (Wildman–Crippen MR) is 126 cm³/mol. The molecule has 1 N–H and O–H groups in total. The number of carbonyl (C=O) groups is 1. The second kappa shape index (κ2) is 9.58. The van der Waals surface area contributed by atoms with Crippen LogP contribution in [0.5, 0.6) is 0 Å². The summed E-state index contributed by atoms with van der Waals surface area (Å²) >= 11 is 0. The van der Waals surface area contributed by atoms with E-state index in [2.05, 4.69) is 11.4 Å². The van der Waals surface area contributed by atoms with Gasteiger partial charge in [0.05, 0.1) is 17.2 Å². The van der Waals surface area contributed by atoms with Crippen LogP contribution in [0, 0.1) is 22.7 Å². The molecule has 0 aliphatic rings. The number of carbonyl (C=O) groups excluding carboxylic acids is 1. The molecule has 0 saturated heterocycles. The van der Waals surface area contributed by atoms with Crippen molar-refractivity contribution < 1.29 is 18.0 Å². The van der Waals surface area contributed by atoms with Crippen LogP contribution in [0.25, 0.3) is 17.0 Å². The van der Waals surface area contributed by atoms with Gasteiger partial charge in [0, 0.05) is 34.9 Å². The Balaban J connectivity index is 1.68. The van der Waals surface area contributed by atoms with Crippen LogP contribution in [0.1, 0.15) is 22.3 Å². The van der Waals surface area contributed by atoms with Crippen molar-refractivity contribution >= 4 is 28.6 Å². The highest BCUT2D eigenvalue weighted by Crippen LogP contribution is 2.31. The topological polar surface area (TPSA) is 81.6 Å². The lowest BCUT2D eigenvalue weighted by Gasteiger charge is -2.09. The smallest absolute Gasteiger partial charge is 0.342 e. The maximum Gasteiger partial charge on any atom is 0.416 e. The Morgan fingerprint density at radius 1 is 1.00 bits per heavy atom. The molecule has 0 atom stereocenters. The number of anilines is 1. The van der Waals surface area contributed by atoms with Crippen molar-refractivity contribution in [3.8, 4) is 12.1 Å². The second-order valence-electron chi connectivity index (χ2n) is 7.70. The lowest BCUT2D eigenvalue weighted by molar-refractivity contribution is -0.137. The van der Waals surface area contributed by atoms with Crippen molar-refractivity contribution in [1.29, 1.82) is 10.5 Å². The molecule has 0 unspecified atom stereocenters. The number of nitrogens with one attached hydrogen (secondary N) is 1. The SMILES string of the molecule is N#C/C(=C/c1cn(Cc2ccccc2C#N)c2ccccc12)C(=O)Nc1cccc(C(F)(F)F)c1. The van der Waals surface area contributed by atoms with Crippen LogP contribution in [0.4, 0.5) is 18.9 Å². The van der Waals surface area contributed by atoms with Crippen molar-refractivity contribution in [3.05, 3.63) is 107 Å². The molecule has 172 valence electrons. The summed E-state index contributed by atoms with van der Waals surface area (Å²) in [5, 5.41) is 22.1. The zero-order chi connectivity index (χ0) is 25.0. The van der Waals surface area contributed by atoms with Gasteiger partial charge in [-0.25, -0.2) is 0 Å². The number of amides is 1. The molecule has 4 aromatic rings. The number of hydrogen-bond donors (Lipinski definition) is 1. The van der Waals surface area contributed by atoms with Gasteiger partial charge in [0.25, 0.3) is 5.91 Å². The zero-order valence-corrected chi connectivity index (χ0v) is 18.2. The van der Waals surface area contributed by atoms with Gasteiger partial charge in [0.15, 0.2) is 0 Å². The fourth-order valence-electron chi connectivity index (χ4n) is 3.75. The van der Waals surface area contributed by atoms with Crippen LogP contribution in [0.15, 0.2) is 84.6 Å². The van der Waals surface area contributed by atoms with Gasteiger partial charge < -0.3 is 9.88 Å². The number of nitrogens with zero attached hydrogens (tertiary/aromatic N) is 3. The number of rotatable bonds is 5. The van der Waals surface area contributed by atoms with E-state index in [-0.39, 0.29) is 11.3 Å². The van der Waals surface area contributed by atoms with Crippen molar-refractivity contribution in [2.24, 2.45) is 0 Å². The first kappa shape index (κ1) is 23.3. The van der Waals surface area contributed by atoms with Gasteiger partial charge >= 0.3 is 6.18 Å². The Kier molecular flexibility index (Phi) is 6.39. The molecule has 0 fully saturated rings. The summed E-state index contributed by atoms with van der Waals surface area (Å²) in [7, 11) is 0. The molecular weight excluding hydrogens is 453 g/mol. The Hall–Kier alpha value is -4.82. The minimum atomic E-state index is -4.55. The first-order valence-corrected chi connectivity index (χ1v) is 10.5. The maximum absolute atomic E-state index is 13.0. The van der Waals surface area contributed by atoms with E-state index in [0.29, 0.717) is 17.7 Å². The van der Waals surface area contributed by atoms with Crippen molar-refractivity contribution in [1.82, 2.24) is 4.57 Å². The number of benzene rings is 3. The molecule has 35 heavy (non-hydrogen) atoms. The zero-order valence-electron chi connectivity index (χ0n) is 18.2. The predicted octanol–water partition coefficient (Wildman–Crippen LogP) is 6.13. The second-order valence-corrected chi connectivity index (χ2v) is 7.70. The average Bonchev–Trinajstić information content (AvgIpc) is 3.19.